The predicted molar refractivity (Wildman–Crippen MR) is 78.1 cm³/mol. The van der Waals surface area contributed by atoms with Crippen molar-refractivity contribution in [1.29, 1.82) is 0 Å². The summed E-state index contributed by atoms with van der Waals surface area (Å²) in [7, 11) is 0. The molecule has 1 N–H and O–H groups in total. The molecular weight excluding hydrogens is 311 g/mol. The normalized spacial score (nSPS) is 18.9. The molecule has 1 aliphatic heterocycles. The van der Waals surface area contributed by atoms with Crippen LogP contribution in [0.25, 0.3) is 0 Å². The van der Waals surface area contributed by atoms with E-state index in [2.05, 4.69) is 10.3 Å². The highest BCUT2D eigenvalue weighted by Crippen LogP contribution is 2.31. The number of nitrogens with zero attached hydrogens (tertiary/aromatic N) is 2. The van der Waals surface area contributed by atoms with Crippen molar-refractivity contribution in [3.05, 3.63) is 23.9 Å². The molecule has 128 valence electrons. The van der Waals surface area contributed by atoms with Crippen LogP contribution in [0.5, 0.6) is 5.88 Å². The van der Waals surface area contributed by atoms with Gasteiger partial charge in [-0.1, -0.05) is 0 Å². The Kier molecular flexibility index (Phi) is 4.72. The summed E-state index contributed by atoms with van der Waals surface area (Å²) < 4.78 is 43.5. The van der Waals surface area contributed by atoms with Crippen LogP contribution in [0.2, 0.25) is 0 Å². The number of aromatic nitrogens is 1. The predicted octanol–water partition coefficient (Wildman–Crippen LogP) is 3.06. The summed E-state index contributed by atoms with van der Waals surface area (Å²) >= 11 is 0. The summed E-state index contributed by atoms with van der Waals surface area (Å²) in [6.45, 7) is 6.44. The fourth-order valence-corrected chi connectivity index (χ4v) is 2.23. The first kappa shape index (κ1) is 17.4. The van der Waals surface area contributed by atoms with Crippen molar-refractivity contribution < 1.29 is 22.7 Å². The molecule has 1 aromatic rings. The van der Waals surface area contributed by atoms with Crippen molar-refractivity contribution in [2.75, 3.05) is 13.1 Å². The number of nitrogens with one attached hydrogen (secondary N) is 1. The first-order valence-electron chi connectivity index (χ1n) is 7.31. The number of rotatable bonds is 2. The zero-order chi connectivity index (χ0) is 17.3. The lowest BCUT2D eigenvalue weighted by Gasteiger charge is -2.25. The van der Waals surface area contributed by atoms with Gasteiger partial charge < -0.3 is 15.0 Å². The number of carbonyl (C=O) groups is 1. The van der Waals surface area contributed by atoms with Crippen LogP contribution in [0.15, 0.2) is 18.3 Å². The Bertz CT molecular complexity index is 570. The van der Waals surface area contributed by atoms with Gasteiger partial charge in [0.1, 0.15) is 6.10 Å². The summed E-state index contributed by atoms with van der Waals surface area (Å²) in [6.07, 6.45) is -3.18. The maximum Gasteiger partial charge on any atom is 0.416 e. The van der Waals surface area contributed by atoms with Gasteiger partial charge in [0.05, 0.1) is 12.1 Å². The first-order chi connectivity index (χ1) is 10.5. The van der Waals surface area contributed by atoms with Crippen molar-refractivity contribution in [3.63, 3.8) is 0 Å². The molecule has 2 rings (SSSR count). The number of alkyl halides is 3. The highest BCUT2D eigenvalue weighted by Gasteiger charge is 2.32. The van der Waals surface area contributed by atoms with E-state index in [1.165, 1.54) is 0 Å². The SMILES string of the molecule is CC(C)(C)NC(=O)N1CCC(Oc2cc(C(F)(F)F)ccn2)C1. The maximum absolute atomic E-state index is 12.7. The summed E-state index contributed by atoms with van der Waals surface area (Å²) in [5, 5.41) is 2.84. The number of urea groups is 1. The molecule has 1 aliphatic rings. The molecule has 23 heavy (non-hydrogen) atoms. The van der Waals surface area contributed by atoms with E-state index in [9.17, 15) is 18.0 Å². The average molecular weight is 331 g/mol. The number of amides is 2. The monoisotopic (exact) mass is 331 g/mol. The Morgan fingerprint density at radius 3 is 2.70 bits per heavy atom. The molecule has 2 heterocycles. The summed E-state index contributed by atoms with van der Waals surface area (Å²) in [4.78, 5) is 17.4. The second kappa shape index (κ2) is 6.25. The van der Waals surface area contributed by atoms with Gasteiger partial charge in [0.25, 0.3) is 0 Å². The highest BCUT2D eigenvalue weighted by molar-refractivity contribution is 5.75. The Morgan fingerprint density at radius 2 is 2.09 bits per heavy atom. The van der Waals surface area contributed by atoms with Crippen molar-refractivity contribution in [2.45, 2.75) is 45.0 Å². The van der Waals surface area contributed by atoms with E-state index in [1.807, 2.05) is 20.8 Å². The number of ether oxygens (including phenoxy) is 1. The Hall–Kier alpha value is -1.99. The number of hydrogen-bond acceptors (Lipinski definition) is 3. The number of hydrogen-bond donors (Lipinski definition) is 1. The maximum atomic E-state index is 12.7. The van der Waals surface area contributed by atoms with Crippen molar-refractivity contribution in [3.8, 4) is 5.88 Å². The minimum absolute atomic E-state index is 0.0806. The zero-order valence-electron chi connectivity index (χ0n) is 13.3. The molecule has 2 amide bonds. The molecule has 0 aromatic carbocycles. The number of carbonyl (C=O) groups excluding carboxylic acids is 1. The lowest BCUT2D eigenvalue weighted by Crippen LogP contribution is -2.48. The fraction of sp³-hybridized carbons (Fsp3) is 0.600. The quantitative estimate of drug-likeness (QED) is 0.906. The van der Waals surface area contributed by atoms with E-state index in [4.69, 9.17) is 4.74 Å². The van der Waals surface area contributed by atoms with E-state index in [1.54, 1.807) is 4.90 Å². The van der Waals surface area contributed by atoms with Gasteiger partial charge in [0.2, 0.25) is 5.88 Å². The molecule has 1 saturated heterocycles. The second-order valence-corrected chi connectivity index (χ2v) is 6.54. The molecule has 1 unspecified atom stereocenters. The molecule has 1 fully saturated rings. The first-order valence-corrected chi connectivity index (χ1v) is 7.31. The van der Waals surface area contributed by atoms with Gasteiger partial charge in [-0.15, -0.1) is 0 Å². The van der Waals surface area contributed by atoms with E-state index >= 15 is 0 Å². The van der Waals surface area contributed by atoms with Crippen molar-refractivity contribution in [1.82, 2.24) is 15.2 Å². The average Bonchev–Trinajstić information content (AvgIpc) is 2.85. The second-order valence-electron chi connectivity index (χ2n) is 6.54. The van der Waals surface area contributed by atoms with Gasteiger partial charge in [-0.05, 0) is 26.8 Å². The minimum Gasteiger partial charge on any atom is -0.472 e. The lowest BCUT2D eigenvalue weighted by atomic mass is 10.1. The molecule has 0 radical (unpaired) electrons. The molecule has 0 aliphatic carbocycles. The molecule has 8 heteroatoms. The molecule has 1 atom stereocenters. The fourth-order valence-electron chi connectivity index (χ4n) is 2.23. The third-order valence-corrected chi connectivity index (χ3v) is 3.26. The largest absolute Gasteiger partial charge is 0.472 e. The third kappa shape index (κ3) is 5.01. The molecule has 0 bridgehead atoms. The number of pyridine rings is 1. The van der Waals surface area contributed by atoms with Gasteiger partial charge in [-0.2, -0.15) is 13.2 Å². The van der Waals surface area contributed by atoms with Crippen LogP contribution in [0.3, 0.4) is 0 Å². The minimum atomic E-state index is -4.44. The van der Waals surface area contributed by atoms with Gasteiger partial charge in [-0.3, -0.25) is 0 Å². The van der Waals surface area contributed by atoms with Gasteiger partial charge in [0, 0.05) is 30.8 Å². The highest BCUT2D eigenvalue weighted by atomic mass is 19.4. The standard InChI is InChI=1S/C15H20F3N3O2/c1-14(2,3)20-13(22)21-7-5-11(9-21)23-12-8-10(4-6-19-12)15(16,17)18/h4,6,8,11H,5,7,9H2,1-3H3,(H,20,22). The van der Waals surface area contributed by atoms with Gasteiger partial charge in [-0.25, -0.2) is 9.78 Å². The lowest BCUT2D eigenvalue weighted by molar-refractivity contribution is -0.137. The van der Waals surface area contributed by atoms with Crippen molar-refractivity contribution >= 4 is 6.03 Å². The van der Waals surface area contributed by atoms with E-state index in [-0.39, 0.29) is 23.6 Å². The molecular formula is C15H20F3N3O2. The van der Waals surface area contributed by atoms with Crippen LogP contribution < -0.4 is 10.1 Å². The molecule has 0 saturated carbocycles. The number of likely N-dealkylation sites (tertiary alicyclic amines) is 1. The molecule has 5 nitrogen and oxygen atoms in total. The van der Waals surface area contributed by atoms with Crippen LogP contribution in [-0.4, -0.2) is 40.6 Å². The summed E-state index contributed by atoms with van der Waals surface area (Å²) in [6, 6.07) is 1.56. The summed E-state index contributed by atoms with van der Waals surface area (Å²) in [5.41, 5.74) is -1.15. The van der Waals surface area contributed by atoms with Gasteiger partial charge in [0.15, 0.2) is 0 Å². The van der Waals surface area contributed by atoms with E-state index in [0.29, 0.717) is 19.5 Å². The van der Waals surface area contributed by atoms with Crippen LogP contribution in [0, 0.1) is 0 Å². The van der Waals surface area contributed by atoms with Crippen molar-refractivity contribution in [2.24, 2.45) is 0 Å². The topological polar surface area (TPSA) is 54.5 Å². The van der Waals surface area contributed by atoms with Crippen LogP contribution in [0.1, 0.15) is 32.8 Å². The zero-order valence-corrected chi connectivity index (χ0v) is 13.3. The van der Waals surface area contributed by atoms with Crippen LogP contribution in [-0.2, 0) is 6.18 Å². The third-order valence-electron chi connectivity index (χ3n) is 3.26. The number of halogens is 3. The smallest absolute Gasteiger partial charge is 0.416 e. The Morgan fingerprint density at radius 1 is 1.39 bits per heavy atom. The van der Waals surface area contributed by atoms with Crippen LogP contribution >= 0.6 is 0 Å². The van der Waals surface area contributed by atoms with Crippen LogP contribution in [0.4, 0.5) is 18.0 Å². The van der Waals surface area contributed by atoms with Gasteiger partial charge >= 0.3 is 12.2 Å². The van der Waals surface area contributed by atoms with E-state index in [0.717, 1.165) is 18.3 Å². The molecule has 1 aromatic heterocycles. The summed E-state index contributed by atoms with van der Waals surface area (Å²) in [5.74, 6) is -0.0806. The Labute approximate surface area is 132 Å². The van der Waals surface area contributed by atoms with E-state index < -0.39 is 11.7 Å². The Balaban J connectivity index is 1.95. The molecule has 0 spiro atoms.